The van der Waals surface area contributed by atoms with Crippen molar-refractivity contribution in [1.82, 2.24) is 28.8 Å². The predicted molar refractivity (Wildman–Crippen MR) is 106 cm³/mol. The van der Waals surface area contributed by atoms with Gasteiger partial charge in [0.05, 0.1) is 6.33 Å². The number of amides is 1. The number of aryl methyl sites for hydroxylation is 2. The van der Waals surface area contributed by atoms with Crippen LogP contribution in [-0.4, -0.2) is 41.3 Å². The van der Waals surface area contributed by atoms with Gasteiger partial charge in [-0.2, -0.15) is 0 Å². The van der Waals surface area contributed by atoms with Crippen molar-refractivity contribution in [2.24, 2.45) is 0 Å². The van der Waals surface area contributed by atoms with E-state index in [2.05, 4.69) is 15.0 Å². The fraction of sp³-hybridized carbons (Fsp3) is 0.238. The van der Waals surface area contributed by atoms with Crippen molar-refractivity contribution >= 4 is 11.6 Å². The zero-order valence-corrected chi connectivity index (χ0v) is 15.8. The van der Waals surface area contributed by atoms with Crippen LogP contribution in [0, 0.1) is 6.92 Å². The molecule has 142 valence electrons. The Morgan fingerprint density at radius 3 is 2.71 bits per heavy atom. The SMILES string of the molecule is Cc1cccn2cc(C(=O)N(CCCn3ccnc3)Cc3ccncc3)nc12. The molecule has 0 bridgehead atoms. The molecule has 0 radical (unpaired) electrons. The first-order valence-corrected chi connectivity index (χ1v) is 9.29. The first kappa shape index (κ1) is 17.9. The molecule has 0 aliphatic heterocycles. The van der Waals surface area contributed by atoms with Crippen LogP contribution in [0.5, 0.6) is 0 Å². The van der Waals surface area contributed by atoms with Crippen molar-refractivity contribution in [3.05, 3.63) is 84.6 Å². The summed E-state index contributed by atoms with van der Waals surface area (Å²) in [5.74, 6) is -0.0643. The van der Waals surface area contributed by atoms with Gasteiger partial charge >= 0.3 is 0 Å². The zero-order valence-electron chi connectivity index (χ0n) is 15.8. The normalized spacial score (nSPS) is 11.0. The van der Waals surface area contributed by atoms with Crippen molar-refractivity contribution < 1.29 is 4.79 Å². The third-order valence-electron chi connectivity index (χ3n) is 4.71. The fourth-order valence-corrected chi connectivity index (χ4v) is 3.24. The summed E-state index contributed by atoms with van der Waals surface area (Å²) in [6.07, 6.45) is 13.5. The van der Waals surface area contributed by atoms with Crippen LogP contribution < -0.4 is 0 Å². The monoisotopic (exact) mass is 374 g/mol. The summed E-state index contributed by atoms with van der Waals surface area (Å²) in [6, 6.07) is 7.82. The van der Waals surface area contributed by atoms with E-state index in [0.717, 1.165) is 29.7 Å². The van der Waals surface area contributed by atoms with E-state index in [0.29, 0.717) is 18.8 Å². The number of rotatable bonds is 7. The molecule has 4 aromatic heterocycles. The fourth-order valence-electron chi connectivity index (χ4n) is 3.24. The van der Waals surface area contributed by atoms with Gasteiger partial charge in [-0.15, -0.1) is 0 Å². The molecule has 0 aliphatic carbocycles. The van der Waals surface area contributed by atoms with Gasteiger partial charge in [0.2, 0.25) is 0 Å². The van der Waals surface area contributed by atoms with E-state index in [-0.39, 0.29) is 5.91 Å². The minimum Gasteiger partial charge on any atom is -0.337 e. The highest BCUT2D eigenvalue weighted by Crippen LogP contribution is 2.14. The number of imidazole rings is 2. The second-order valence-corrected chi connectivity index (χ2v) is 6.78. The first-order chi connectivity index (χ1) is 13.7. The van der Waals surface area contributed by atoms with Crippen molar-refractivity contribution in [2.75, 3.05) is 6.54 Å². The molecule has 0 aromatic carbocycles. The Balaban J connectivity index is 1.55. The summed E-state index contributed by atoms with van der Waals surface area (Å²) in [5.41, 5.74) is 3.37. The molecule has 0 aliphatic rings. The van der Waals surface area contributed by atoms with E-state index in [1.807, 2.05) is 57.5 Å². The number of carbonyl (C=O) groups is 1. The van der Waals surface area contributed by atoms with Crippen LogP contribution in [0.4, 0.5) is 0 Å². The van der Waals surface area contributed by atoms with E-state index in [4.69, 9.17) is 0 Å². The van der Waals surface area contributed by atoms with Gasteiger partial charge in [0.15, 0.2) is 0 Å². The highest BCUT2D eigenvalue weighted by atomic mass is 16.2. The van der Waals surface area contributed by atoms with Crippen molar-refractivity contribution in [1.29, 1.82) is 0 Å². The zero-order chi connectivity index (χ0) is 19.3. The number of fused-ring (bicyclic) bond motifs is 1. The van der Waals surface area contributed by atoms with Crippen LogP contribution in [0.2, 0.25) is 0 Å². The van der Waals surface area contributed by atoms with Crippen LogP contribution in [0.3, 0.4) is 0 Å². The molecule has 0 atom stereocenters. The third-order valence-corrected chi connectivity index (χ3v) is 4.71. The standard InChI is InChI=1S/C21H22N6O/c1-17-4-2-11-26-15-19(24-20(17)26)21(28)27(14-18-5-7-22-8-6-18)12-3-10-25-13-9-23-16-25/h2,4-9,11,13,15-16H,3,10,12,14H2,1H3. The highest BCUT2D eigenvalue weighted by molar-refractivity contribution is 5.93. The van der Waals surface area contributed by atoms with Gasteiger partial charge in [-0.25, -0.2) is 9.97 Å². The number of carbonyl (C=O) groups excluding carboxylic acids is 1. The molecule has 4 aromatic rings. The third kappa shape index (κ3) is 3.93. The van der Waals surface area contributed by atoms with Crippen molar-refractivity contribution in [3.8, 4) is 0 Å². The van der Waals surface area contributed by atoms with Crippen LogP contribution >= 0.6 is 0 Å². The van der Waals surface area contributed by atoms with E-state index < -0.39 is 0 Å². The van der Waals surface area contributed by atoms with Crippen molar-refractivity contribution in [3.63, 3.8) is 0 Å². The van der Waals surface area contributed by atoms with Crippen LogP contribution in [0.1, 0.15) is 28.0 Å². The molecule has 7 nitrogen and oxygen atoms in total. The lowest BCUT2D eigenvalue weighted by Crippen LogP contribution is -2.32. The average molecular weight is 374 g/mol. The maximum Gasteiger partial charge on any atom is 0.274 e. The molecule has 0 saturated heterocycles. The van der Waals surface area contributed by atoms with Gasteiger partial charge in [0.1, 0.15) is 11.3 Å². The molecule has 0 N–H and O–H groups in total. The van der Waals surface area contributed by atoms with E-state index in [9.17, 15) is 4.79 Å². The van der Waals surface area contributed by atoms with Crippen molar-refractivity contribution in [2.45, 2.75) is 26.4 Å². The minimum atomic E-state index is -0.0643. The Kier molecular flexibility index (Phi) is 5.14. The van der Waals surface area contributed by atoms with Gasteiger partial charge in [-0.1, -0.05) is 6.07 Å². The van der Waals surface area contributed by atoms with Crippen LogP contribution in [-0.2, 0) is 13.1 Å². The van der Waals surface area contributed by atoms with Gasteiger partial charge in [0.25, 0.3) is 5.91 Å². The molecule has 0 fully saturated rings. The lowest BCUT2D eigenvalue weighted by molar-refractivity contribution is 0.0733. The summed E-state index contributed by atoms with van der Waals surface area (Å²) in [6.45, 7) is 3.96. The Morgan fingerprint density at radius 1 is 1.11 bits per heavy atom. The summed E-state index contributed by atoms with van der Waals surface area (Å²) in [4.78, 5) is 27.8. The number of hydrogen-bond donors (Lipinski definition) is 0. The van der Waals surface area contributed by atoms with Gasteiger partial charge < -0.3 is 13.9 Å². The molecule has 4 rings (SSSR count). The average Bonchev–Trinajstić information content (AvgIpc) is 3.38. The number of pyridine rings is 2. The lowest BCUT2D eigenvalue weighted by Gasteiger charge is -2.22. The maximum absolute atomic E-state index is 13.2. The van der Waals surface area contributed by atoms with E-state index in [1.54, 1.807) is 31.1 Å². The lowest BCUT2D eigenvalue weighted by atomic mass is 10.2. The Hall–Kier alpha value is -3.48. The molecule has 0 unspecified atom stereocenters. The van der Waals surface area contributed by atoms with Gasteiger partial charge in [-0.05, 0) is 42.7 Å². The molecule has 1 amide bonds. The molecular weight excluding hydrogens is 352 g/mol. The smallest absolute Gasteiger partial charge is 0.274 e. The molecular formula is C21H22N6O. The Morgan fingerprint density at radius 2 is 1.96 bits per heavy atom. The maximum atomic E-state index is 13.2. The van der Waals surface area contributed by atoms with Gasteiger partial charge in [0, 0.05) is 56.8 Å². The summed E-state index contributed by atoms with van der Waals surface area (Å²) >= 11 is 0. The summed E-state index contributed by atoms with van der Waals surface area (Å²) < 4.78 is 3.92. The highest BCUT2D eigenvalue weighted by Gasteiger charge is 2.19. The number of hydrogen-bond acceptors (Lipinski definition) is 4. The molecule has 0 saturated carbocycles. The van der Waals surface area contributed by atoms with E-state index in [1.165, 1.54) is 0 Å². The van der Waals surface area contributed by atoms with Crippen LogP contribution in [0.15, 0.2) is 67.8 Å². The second-order valence-electron chi connectivity index (χ2n) is 6.78. The molecule has 28 heavy (non-hydrogen) atoms. The Bertz CT molecular complexity index is 1060. The number of aromatic nitrogens is 5. The first-order valence-electron chi connectivity index (χ1n) is 9.29. The summed E-state index contributed by atoms with van der Waals surface area (Å²) in [7, 11) is 0. The quantitative estimate of drug-likeness (QED) is 0.499. The summed E-state index contributed by atoms with van der Waals surface area (Å²) in [5, 5.41) is 0. The van der Waals surface area contributed by atoms with Gasteiger partial charge in [-0.3, -0.25) is 9.78 Å². The largest absolute Gasteiger partial charge is 0.337 e. The van der Waals surface area contributed by atoms with E-state index >= 15 is 0 Å². The Labute approximate surface area is 163 Å². The molecule has 0 spiro atoms. The topological polar surface area (TPSA) is 68.3 Å². The van der Waals surface area contributed by atoms with Crippen LogP contribution in [0.25, 0.3) is 5.65 Å². The molecule has 7 heteroatoms. The minimum absolute atomic E-state index is 0.0643. The number of nitrogens with zero attached hydrogens (tertiary/aromatic N) is 6. The predicted octanol–water partition coefficient (Wildman–Crippen LogP) is 2.97. The molecule has 4 heterocycles. The second kappa shape index (κ2) is 8.04.